The molecule has 1 heterocycles. The van der Waals surface area contributed by atoms with Gasteiger partial charge in [-0.1, -0.05) is 19.3 Å². The summed E-state index contributed by atoms with van der Waals surface area (Å²) in [5, 5.41) is 9.13. The minimum absolute atomic E-state index is 0.0460. The number of rotatable bonds is 3. The van der Waals surface area contributed by atoms with Gasteiger partial charge in [-0.15, -0.1) is 0 Å². The Morgan fingerprint density at radius 3 is 2.62 bits per heavy atom. The highest BCUT2D eigenvalue weighted by Crippen LogP contribution is 2.27. The smallest absolute Gasteiger partial charge is 0.320 e. The number of likely N-dealkylation sites (tertiary alicyclic amines) is 1. The van der Waals surface area contributed by atoms with Crippen molar-refractivity contribution in [3.8, 4) is 0 Å². The second-order valence-electron chi connectivity index (χ2n) is 5.31. The molecule has 2 fully saturated rings. The minimum atomic E-state index is -0.705. The van der Waals surface area contributed by atoms with Gasteiger partial charge in [0.25, 0.3) is 0 Å². The van der Waals surface area contributed by atoms with Gasteiger partial charge < -0.3 is 10.8 Å². The number of carbonyl (C=O) groups is 1. The molecule has 0 amide bonds. The molecule has 1 saturated heterocycles. The van der Waals surface area contributed by atoms with Gasteiger partial charge in [-0.2, -0.15) is 0 Å². The largest absolute Gasteiger partial charge is 0.480 e. The van der Waals surface area contributed by atoms with Gasteiger partial charge in [0, 0.05) is 19.1 Å². The zero-order chi connectivity index (χ0) is 11.5. The lowest BCUT2D eigenvalue weighted by Crippen LogP contribution is -2.39. The molecule has 1 aliphatic heterocycles. The van der Waals surface area contributed by atoms with Crippen molar-refractivity contribution in [2.45, 2.75) is 50.6 Å². The summed E-state index contributed by atoms with van der Waals surface area (Å²) in [6.45, 7) is 1.69. The first-order valence-corrected chi connectivity index (χ1v) is 6.39. The molecule has 1 aliphatic carbocycles. The molecule has 4 nitrogen and oxygen atoms in total. The monoisotopic (exact) mass is 226 g/mol. The predicted molar refractivity (Wildman–Crippen MR) is 62.2 cm³/mol. The molecule has 16 heavy (non-hydrogen) atoms. The van der Waals surface area contributed by atoms with Crippen LogP contribution in [0.25, 0.3) is 0 Å². The quantitative estimate of drug-likeness (QED) is 0.755. The number of carboxylic acid groups (broad SMARTS) is 1. The third-order valence-corrected chi connectivity index (χ3v) is 3.94. The van der Waals surface area contributed by atoms with E-state index in [0.29, 0.717) is 12.3 Å². The zero-order valence-electron chi connectivity index (χ0n) is 9.77. The minimum Gasteiger partial charge on any atom is -0.480 e. The Balaban J connectivity index is 1.89. The average Bonchev–Trinajstić information content (AvgIpc) is 2.61. The molecular weight excluding hydrogens is 204 g/mol. The zero-order valence-corrected chi connectivity index (χ0v) is 9.77. The highest BCUT2D eigenvalue weighted by atomic mass is 16.4. The predicted octanol–water partition coefficient (Wildman–Crippen LogP) is 1.05. The molecule has 0 unspecified atom stereocenters. The molecule has 2 atom stereocenters. The Morgan fingerprint density at radius 2 is 2.00 bits per heavy atom. The normalized spacial score (nSPS) is 33.1. The van der Waals surface area contributed by atoms with Gasteiger partial charge in [-0.05, 0) is 25.2 Å². The molecule has 0 aromatic heterocycles. The first-order valence-electron chi connectivity index (χ1n) is 6.39. The number of hydrogen-bond donors (Lipinski definition) is 2. The van der Waals surface area contributed by atoms with Crippen LogP contribution in [-0.2, 0) is 4.79 Å². The van der Waals surface area contributed by atoms with Crippen LogP contribution in [0.4, 0.5) is 0 Å². The van der Waals surface area contributed by atoms with E-state index in [1.165, 1.54) is 32.1 Å². The van der Waals surface area contributed by atoms with Crippen LogP contribution in [0.3, 0.4) is 0 Å². The number of nitrogens with zero attached hydrogens (tertiary/aromatic N) is 1. The number of hydrogen-bond acceptors (Lipinski definition) is 3. The van der Waals surface area contributed by atoms with Gasteiger partial charge in [-0.3, -0.25) is 9.69 Å². The van der Waals surface area contributed by atoms with Crippen molar-refractivity contribution in [1.82, 2.24) is 4.90 Å². The molecule has 0 radical (unpaired) electrons. The maximum absolute atomic E-state index is 11.1. The van der Waals surface area contributed by atoms with Gasteiger partial charge in [-0.25, -0.2) is 0 Å². The molecule has 0 bridgehead atoms. The molecule has 92 valence electrons. The van der Waals surface area contributed by atoms with Crippen molar-refractivity contribution >= 4 is 5.97 Å². The average molecular weight is 226 g/mol. The van der Waals surface area contributed by atoms with Crippen molar-refractivity contribution in [2.75, 3.05) is 13.1 Å². The highest BCUT2D eigenvalue weighted by Gasteiger charge is 2.36. The maximum Gasteiger partial charge on any atom is 0.320 e. The topological polar surface area (TPSA) is 66.6 Å². The van der Waals surface area contributed by atoms with Gasteiger partial charge in [0.05, 0.1) is 0 Å². The third kappa shape index (κ3) is 2.74. The second-order valence-corrected chi connectivity index (χ2v) is 5.31. The molecule has 1 saturated carbocycles. The van der Waals surface area contributed by atoms with Gasteiger partial charge in [0.2, 0.25) is 0 Å². The summed E-state index contributed by atoms with van der Waals surface area (Å²) in [6.07, 6.45) is 7.10. The number of carboxylic acids is 1. The van der Waals surface area contributed by atoms with Crippen LogP contribution in [0.15, 0.2) is 0 Å². The van der Waals surface area contributed by atoms with Crippen molar-refractivity contribution in [3.63, 3.8) is 0 Å². The molecule has 0 spiro atoms. The second kappa shape index (κ2) is 5.15. The van der Waals surface area contributed by atoms with Crippen LogP contribution >= 0.6 is 0 Å². The van der Waals surface area contributed by atoms with Crippen molar-refractivity contribution in [3.05, 3.63) is 0 Å². The third-order valence-electron chi connectivity index (χ3n) is 3.94. The van der Waals surface area contributed by atoms with Crippen LogP contribution < -0.4 is 5.73 Å². The van der Waals surface area contributed by atoms with E-state index in [9.17, 15) is 4.79 Å². The van der Waals surface area contributed by atoms with E-state index in [1.807, 2.05) is 0 Å². The summed E-state index contributed by atoms with van der Waals surface area (Å²) >= 11 is 0. The molecule has 0 aromatic rings. The molecule has 2 aliphatic rings. The summed E-state index contributed by atoms with van der Waals surface area (Å²) in [6, 6.07) is -0.290. The Hall–Kier alpha value is -0.610. The summed E-state index contributed by atoms with van der Waals surface area (Å²) in [5.74, 6) is -0.00957. The van der Waals surface area contributed by atoms with E-state index < -0.39 is 5.97 Å². The Labute approximate surface area is 96.8 Å². The number of nitrogens with two attached hydrogens (primary N) is 1. The first-order chi connectivity index (χ1) is 7.66. The first kappa shape index (κ1) is 11.9. The summed E-state index contributed by atoms with van der Waals surface area (Å²) in [4.78, 5) is 13.2. The van der Waals surface area contributed by atoms with E-state index in [0.717, 1.165) is 13.1 Å². The van der Waals surface area contributed by atoms with E-state index in [4.69, 9.17) is 10.8 Å². The van der Waals surface area contributed by atoms with Gasteiger partial charge in [0.15, 0.2) is 0 Å². The summed E-state index contributed by atoms with van der Waals surface area (Å²) in [7, 11) is 0. The molecule has 2 rings (SSSR count). The summed E-state index contributed by atoms with van der Waals surface area (Å²) in [5.41, 5.74) is 5.85. The SMILES string of the molecule is N[C@@H]1C[C@@H](C(=O)O)N(CC2CCCCC2)C1. The molecular formula is C12H22N2O2. The van der Waals surface area contributed by atoms with Crippen molar-refractivity contribution in [1.29, 1.82) is 0 Å². The van der Waals surface area contributed by atoms with Crippen LogP contribution in [0.1, 0.15) is 38.5 Å². The van der Waals surface area contributed by atoms with Crippen LogP contribution in [0.2, 0.25) is 0 Å². The van der Waals surface area contributed by atoms with Crippen molar-refractivity contribution < 1.29 is 9.90 Å². The van der Waals surface area contributed by atoms with E-state index in [1.54, 1.807) is 0 Å². The Kier molecular flexibility index (Phi) is 3.82. The van der Waals surface area contributed by atoms with Gasteiger partial charge >= 0.3 is 5.97 Å². The molecule has 0 aromatic carbocycles. The van der Waals surface area contributed by atoms with Crippen LogP contribution in [-0.4, -0.2) is 41.1 Å². The molecule has 4 heteroatoms. The fourth-order valence-electron chi connectivity index (χ4n) is 3.10. The number of aliphatic carboxylic acids is 1. The standard InChI is InChI=1S/C12H22N2O2/c13-10-6-11(12(15)16)14(8-10)7-9-4-2-1-3-5-9/h9-11H,1-8,13H2,(H,15,16)/t10-,11+/m1/s1. The van der Waals surface area contributed by atoms with Gasteiger partial charge in [0.1, 0.15) is 6.04 Å². The van der Waals surface area contributed by atoms with Crippen LogP contribution in [0.5, 0.6) is 0 Å². The van der Waals surface area contributed by atoms with Crippen LogP contribution in [0, 0.1) is 5.92 Å². The Morgan fingerprint density at radius 1 is 1.31 bits per heavy atom. The summed E-state index contributed by atoms with van der Waals surface area (Å²) < 4.78 is 0. The lowest BCUT2D eigenvalue weighted by molar-refractivity contribution is -0.142. The van der Waals surface area contributed by atoms with E-state index in [2.05, 4.69) is 4.90 Å². The highest BCUT2D eigenvalue weighted by molar-refractivity contribution is 5.74. The lowest BCUT2D eigenvalue weighted by atomic mass is 9.89. The van der Waals surface area contributed by atoms with E-state index >= 15 is 0 Å². The van der Waals surface area contributed by atoms with Crippen molar-refractivity contribution in [2.24, 2.45) is 11.7 Å². The lowest BCUT2D eigenvalue weighted by Gasteiger charge is -2.29. The van der Waals surface area contributed by atoms with E-state index in [-0.39, 0.29) is 12.1 Å². The fraction of sp³-hybridized carbons (Fsp3) is 0.917. The Bertz CT molecular complexity index is 251. The fourth-order valence-corrected chi connectivity index (χ4v) is 3.10. The maximum atomic E-state index is 11.1. The molecule has 3 N–H and O–H groups in total.